The summed E-state index contributed by atoms with van der Waals surface area (Å²) in [5, 5.41) is 6.11. The van der Waals surface area contributed by atoms with Crippen molar-refractivity contribution in [3.8, 4) is 0 Å². The predicted octanol–water partition coefficient (Wildman–Crippen LogP) is 5.12. The van der Waals surface area contributed by atoms with E-state index < -0.39 is 0 Å². The average molecular weight is 392 g/mol. The zero-order valence-electron chi connectivity index (χ0n) is 16.8. The average Bonchev–Trinajstić information content (AvgIpc) is 2.97. The Labute approximate surface area is 172 Å². The van der Waals surface area contributed by atoms with Crippen LogP contribution < -0.4 is 15.5 Å². The zero-order chi connectivity index (χ0) is 20.1. The Morgan fingerprint density at radius 3 is 2.41 bits per heavy atom. The standard InChI is InChI=1S/C24H29N3O2/c28-23(25-20-10-2-1-3-11-20)19-13-15-21(16-14-19)26-24(29)27-17-7-6-9-18-8-4-5-12-22(18)27/h4-5,8,12-16,20H,1-3,6-7,9-11,17H2,(H,25,28)(H,26,29). The van der Waals surface area contributed by atoms with E-state index in [4.69, 9.17) is 0 Å². The van der Waals surface area contributed by atoms with Gasteiger partial charge in [0.2, 0.25) is 0 Å². The highest BCUT2D eigenvalue weighted by Crippen LogP contribution is 2.27. The van der Waals surface area contributed by atoms with Gasteiger partial charge in [-0.15, -0.1) is 0 Å². The number of rotatable bonds is 3. The number of para-hydroxylation sites is 1. The maximum Gasteiger partial charge on any atom is 0.326 e. The third-order valence-corrected chi connectivity index (χ3v) is 5.94. The van der Waals surface area contributed by atoms with E-state index >= 15 is 0 Å². The second-order valence-electron chi connectivity index (χ2n) is 8.05. The van der Waals surface area contributed by atoms with Crippen molar-refractivity contribution in [2.45, 2.75) is 57.4 Å². The first-order chi connectivity index (χ1) is 14.2. The van der Waals surface area contributed by atoms with Crippen LogP contribution in [0.5, 0.6) is 0 Å². The molecule has 0 radical (unpaired) electrons. The van der Waals surface area contributed by atoms with Crippen molar-refractivity contribution in [3.05, 3.63) is 59.7 Å². The van der Waals surface area contributed by atoms with E-state index in [0.717, 1.165) is 37.8 Å². The van der Waals surface area contributed by atoms with E-state index in [1.54, 1.807) is 24.3 Å². The molecule has 1 aliphatic heterocycles. The molecule has 29 heavy (non-hydrogen) atoms. The Balaban J connectivity index is 1.39. The summed E-state index contributed by atoms with van der Waals surface area (Å²) in [5.74, 6) is -0.0313. The van der Waals surface area contributed by atoms with E-state index in [-0.39, 0.29) is 11.9 Å². The van der Waals surface area contributed by atoms with Crippen LogP contribution in [0.15, 0.2) is 48.5 Å². The number of amides is 3. The number of carbonyl (C=O) groups is 2. The fourth-order valence-corrected chi connectivity index (χ4v) is 4.31. The first-order valence-electron chi connectivity index (χ1n) is 10.8. The minimum atomic E-state index is -0.126. The lowest BCUT2D eigenvalue weighted by Gasteiger charge is -2.23. The van der Waals surface area contributed by atoms with Gasteiger partial charge in [0.25, 0.3) is 5.91 Å². The molecule has 1 heterocycles. The minimum Gasteiger partial charge on any atom is -0.349 e. The zero-order valence-corrected chi connectivity index (χ0v) is 16.8. The molecule has 2 aliphatic rings. The third kappa shape index (κ3) is 4.78. The molecule has 4 rings (SSSR count). The van der Waals surface area contributed by atoms with Crippen LogP contribution in [-0.2, 0) is 6.42 Å². The number of aryl methyl sites for hydroxylation is 1. The topological polar surface area (TPSA) is 61.4 Å². The van der Waals surface area contributed by atoms with Crippen LogP contribution in [0, 0.1) is 0 Å². The molecule has 2 aromatic carbocycles. The lowest BCUT2D eigenvalue weighted by atomic mass is 9.95. The molecule has 0 unspecified atom stereocenters. The monoisotopic (exact) mass is 391 g/mol. The number of hydrogen-bond donors (Lipinski definition) is 2. The molecule has 0 bridgehead atoms. The fourth-order valence-electron chi connectivity index (χ4n) is 4.31. The van der Waals surface area contributed by atoms with Gasteiger partial charge < -0.3 is 10.6 Å². The van der Waals surface area contributed by atoms with Crippen molar-refractivity contribution < 1.29 is 9.59 Å². The van der Waals surface area contributed by atoms with Crippen molar-refractivity contribution >= 4 is 23.3 Å². The number of hydrogen-bond acceptors (Lipinski definition) is 2. The summed E-state index contributed by atoms with van der Waals surface area (Å²) in [6, 6.07) is 15.4. The van der Waals surface area contributed by atoms with Gasteiger partial charge in [0.05, 0.1) is 0 Å². The number of benzene rings is 2. The molecular formula is C24H29N3O2. The number of anilines is 2. The summed E-state index contributed by atoms with van der Waals surface area (Å²) in [7, 11) is 0. The number of nitrogens with zero attached hydrogens (tertiary/aromatic N) is 1. The maximum absolute atomic E-state index is 12.9. The first kappa shape index (κ1) is 19.5. The van der Waals surface area contributed by atoms with Crippen LogP contribution in [0.3, 0.4) is 0 Å². The van der Waals surface area contributed by atoms with Gasteiger partial charge in [-0.05, 0) is 68.0 Å². The molecule has 1 aliphatic carbocycles. The largest absolute Gasteiger partial charge is 0.349 e. The van der Waals surface area contributed by atoms with Crippen LogP contribution >= 0.6 is 0 Å². The maximum atomic E-state index is 12.9. The summed E-state index contributed by atoms with van der Waals surface area (Å²) in [6.07, 6.45) is 8.86. The van der Waals surface area contributed by atoms with Crippen LogP contribution in [-0.4, -0.2) is 24.5 Å². The van der Waals surface area contributed by atoms with E-state index in [2.05, 4.69) is 16.7 Å². The van der Waals surface area contributed by atoms with Gasteiger partial charge in [0, 0.05) is 29.5 Å². The van der Waals surface area contributed by atoms with Crippen molar-refractivity contribution in [2.75, 3.05) is 16.8 Å². The van der Waals surface area contributed by atoms with E-state index in [9.17, 15) is 9.59 Å². The highest BCUT2D eigenvalue weighted by atomic mass is 16.2. The number of nitrogens with one attached hydrogen (secondary N) is 2. The van der Waals surface area contributed by atoms with E-state index in [1.807, 2.05) is 23.1 Å². The Kier molecular flexibility index (Phi) is 6.13. The molecule has 5 heteroatoms. The molecule has 5 nitrogen and oxygen atoms in total. The molecular weight excluding hydrogens is 362 g/mol. The quantitative estimate of drug-likeness (QED) is 0.762. The van der Waals surface area contributed by atoms with E-state index in [1.165, 1.54) is 24.8 Å². The minimum absolute atomic E-state index is 0.0313. The number of carbonyl (C=O) groups excluding carboxylic acids is 2. The SMILES string of the molecule is O=C(NC1CCCCC1)c1ccc(NC(=O)N2CCCCc3ccccc32)cc1. The highest BCUT2D eigenvalue weighted by Gasteiger charge is 2.21. The second kappa shape index (κ2) is 9.12. The number of urea groups is 1. The Bertz CT molecular complexity index is 857. The normalized spacial score (nSPS) is 17.2. The van der Waals surface area contributed by atoms with Crippen molar-refractivity contribution in [1.82, 2.24) is 5.32 Å². The van der Waals surface area contributed by atoms with Crippen LogP contribution in [0.2, 0.25) is 0 Å². The third-order valence-electron chi connectivity index (χ3n) is 5.94. The fraction of sp³-hybridized carbons (Fsp3) is 0.417. The van der Waals surface area contributed by atoms with Crippen molar-refractivity contribution in [3.63, 3.8) is 0 Å². The molecule has 2 N–H and O–H groups in total. The lowest BCUT2D eigenvalue weighted by molar-refractivity contribution is 0.0927. The second-order valence-corrected chi connectivity index (χ2v) is 8.05. The van der Waals surface area contributed by atoms with Gasteiger partial charge in [0.15, 0.2) is 0 Å². The smallest absolute Gasteiger partial charge is 0.326 e. The van der Waals surface area contributed by atoms with Crippen LogP contribution in [0.4, 0.5) is 16.2 Å². The predicted molar refractivity (Wildman–Crippen MR) is 117 cm³/mol. The van der Waals surface area contributed by atoms with Crippen molar-refractivity contribution in [2.24, 2.45) is 0 Å². The lowest BCUT2D eigenvalue weighted by Crippen LogP contribution is -2.36. The molecule has 0 spiro atoms. The van der Waals surface area contributed by atoms with Gasteiger partial charge in [-0.2, -0.15) is 0 Å². The molecule has 0 saturated heterocycles. The molecule has 3 amide bonds. The van der Waals surface area contributed by atoms with Gasteiger partial charge in [-0.25, -0.2) is 4.79 Å². The Hall–Kier alpha value is -2.82. The van der Waals surface area contributed by atoms with Gasteiger partial charge >= 0.3 is 6.03 Å². The van der Waals surface area contributed by atoms with Crippen molar-refractivity contribution in [1.29, 1.82) is 0 Å². The summed E-state index contributed by atoms with van der Waals surface area (Å²) in [4.78, 5) is 27.2. The van der Waals surface area contributed by atoms with E-state index in [0.29, 0.717) is 23.8 Å². The first-order valence-corrected chi connectivity index (χ1v) is 10.8. The Morgan fingerprint density at radius 1 is 0.862 bits per heavy atom. The highest BCUT2D eigenvalue weighted by molar-refractivity contribution is 6.02. The molecule has 0 aromatic heterocycles. The molecule has 1 fully saturated rings. The summed E-state index contributed by atoms with van der Waals surface area (Å²) in [6.45, 7) is 0.713. The summed E-state index contributed by atoms with van der Waals surface area (Å²) < 4.78 is 0. The summed E-state index contributed by atoms with van der Waals surface area (Å²) in [5.41, 5.74) is 3.54. The molecule has 1 saturated carbocycles. The van der Waals surface area contributed by atoms with Gasteiger partial charge in [0.1, 0.15) is 0 Å². The van der Waals surface area contributed by atoms with Gasteiger partial charge in [-0.1, -0.05) is 37.5 Å². The Morgan fingerprint density at radius 2 is 1.62 bits per heavy atom. The molecule has 0 atom stereocenters. The molecule has 2 aromatic rings. The summed E-state index contributed by atoms with van der Waals surface area (Å²) >= 11 is 0. The van der Waals surface area contributed by atoms with Gasteiger partial charge in [-0.3, -0.25) is 9.69 Å². The van der Waals surface area contributed by atoms with Crippen LogP contribution in [0.25, 0.3) is 0 Å². The molecule has 152 valence electrons. The number of fused-ring (bicyclic) bond motifs is 1. The van der Waals surface area contributed by atoms with Crippen LogP contribution in [0.1, 0.15) is 60.9 Å².